The fourth-order valence-corrected chi connectivity index (χ4v) is 0.222. The molecule has 0 N–H and O–H groups in total. The van der Waals surface area contributed by atoms with Crippen LogP contribution in [0.15, 0.2) is 16.9 Å². The minimum Gasteiger partial charge on any atom is -0.365 e. The third-order valence-corrected chi connectivity index (χ3v) is 0.458. The van der Waals surface area contributed by atoms with Crippen molar-refractivity contribution in [3.63, 3.8) is 0 Å². The van der Waals surface area contributed by atoms with E-state index in [2.05, 4.69) is 9.68 Å². The van der Waals surface area contributed by atoms with Gasteiger partial charge in [-0.15, -0.1) is 0 Å². The molecule has 2 nitrogen and oxygen atoms in total. The molecule has 2 heteroatoms. The van der Waals surface area contributed by atoms with Crippen molar-refractivity contribution in [1.29, 1.82) is 0 Å². The molecule has 30 valence electrons. The monoisotopic (exact) mass is 81.0 g/mol. The van der Waals surface area contributed by atoms with Crippen molar-refractivity contribution in [3.8, 4) is 0 Å². The summed E-state index contributed by atoms with van der Waals surface area (Å²) in [6.07, 6.45) is 1.43. The van der Waals surface area contributed by atoms with Gasteiger partial charge in [-0.2, -0.15) is 0 Å². The normalized spacial score (nSPS) is 8.83. The molecule has 1 aromatic heterocycles. The Morgan fingerprint density at radius 2 is 2.67 bits per heavy atom. The first-order valence-electron chi connectivity index (χ1n) is 1.55. The number of aromatic nitrogens is 1. The standard InChI is InChI=1S/C4H3NO/c1-4-2-3-6-5-4/h1-3H. The largest absolute Gasteiger partial charge is 0.365 e. The van der Waals surface area contributed by atoms with Crippen molar-refractivity contribution in [2.45, 2.75) is 0 Å². The summed E-state index contributed by atoms with van der Waals surface area (Å²) in [5.41, 5.74) is 0.426. The van der Waals surface area contributed by atoms with Crippen LogP contribution >= 0.6 is 0 Å². The van der Waals surface area contributed by atoms with Crippen molar-refractivity contribution in [1.82, 2.24) is 5.16 Å². The molecule has 0 aliphatic heterocycles. The summed E-state index contributed by atoms with van der Waals surface area (Å²) in [5.74, 6) is 0. The molecule has 0 atom stereocenters. The minimum absolute atomic E-state index is 0.426. The van der Waals surface area contributed by atoms with E-state index >= 15 is 0 Å². The van der Waals surface area contributed by atoms with Gasteiger partial charge in [0, 0.05) is 13.0 Å². The van der Waals surface area contributed by atoms with Crippen molar-refractivity contribution in [3.05, 3.63) is 24.9 Å². The summed E-state index contributed by atoms with van der Waals surface area (Å²) >= 11 is 0. The average Bonchev–Trinajstić information content (AvgIpc) is 1.86. The molecule has 1 heterocycles. The Morgan fingerprint density at radius 1 is 1.83 bits per heavy atom. The fourth-order valence-electron chi connectivity index (χ4n) is 0.222. The average molecular weight is 81.1 g/mol. The van der Waals surface area contributed by atoms with Crippen LogP contribution in [0.25, 0.3) is 0 Å². The molecule has 0 aromatic carbocycles. The molecular weight excluding hydrogens is 78.0 g/mol. The first-order valence-corrected chi connectivity index (χ1v) is 1.55. The van der Waals surface area contributed by atoms with E-state index in [1.54, 1.807) is 6.07 Å². The van der Waals surface area contributed by atoms with Crippen molar-refractivity contribution in [2.75, 3.05) is 0 Å². The van der Waals surface area contributed by atoms with Gasteiger partial charge in [0.05, 0.1) is 5.69 Å². The van der Waals surface area contributed by atoms with Gasteiger partial charge in [0.2, 0.25) is 0 Å². The summed E-state index contributed by atoms with van der Waals surface area (Å²) in [5, 5.41) is 3.32. The third-order valence-electron chi connectivity index (χ3n) is 0.458. The van der Waals surface area contributed by atoms with E-state index < -0.39 is 0 Å². The van der Waals surface area contributed by atoms with Gasteiger partial charge in [-0.1, -0.05) is 5.16 Å². The highest BCUT2D eigenvalue weighted by molar-refractivity contribution is 4.97. The molecule has 0 fully saturated rings. The highest BCUT2D eigenvalue weighted by atomic mass is 16.5. The Hall–Kier alpha value is -0.790. The van der Waals surface area contributed by atoms with Gasteiger partial charge >= 0.3 is 0 Å². The quantitative estimate of drug-likeness (QED) is 0.460. The molecule has 0 aliphatic rings. The van der Waals surface area contributed by atoms with E-state index in [0.717, 1.165) is 0 Å². The van der Waals surface area contributed by atoms with Crippen LogP contribution in [0.1, 0.15) is 5.69 Å². The maximum absolute atomic E-state index is 5.07. The first kappa shape index (κ1) is 3.40. The molecular formula is C4H3NO. The highest BCUT2D eigenvalue weighted by Crippen LogP contribution is 1.86. The van der Waals surface area contributed by atoms with Crippen LogP contribution in [-0.2, 0) is 0 Å². The number of hydrogen-bond donors (Lipinski definition) is 0. The zero-order valence-corrected chi connectivity index (χ0v) is 3.09. The van der Waals surface area contributed by atoms with Crippen molar-refractivity contribution < 1.29 is 4.52 Å². The Balaban J connectivity index is 3.05. The Morgan fingerprint density at radius 3 is 2.83 bits per heavy atom. The second-order valence-electron chi connectivity index (χ2n) is 0.924. The minimum atomic E-state index is 0.426. The van der Waals surface area contributed by atoms with E-state index in [4.69, 9.17) is 6.92 Å². The van der Waals surface area contributed by atoms with Crippen molar-refractivity contribution >= 4 is 0 Å². The van der Waals surface area contributed by atoms with Gasteiger partial charge in [0.1, 0.15) is 6.26 Å². The Labute approximate surface area is 35.8 Å². The topological polar surface area (TPSA) is 26.0 Å². The second kappa shape index (κ2) is 1.12. The van der Waals surface area contributed by atoms with Gasteiger partial charge in [-0.25, -0.2) is 0 Å². The van der Waals surface area contributed by atoms with Crippen LogP contribution in [-0.4, -0.2) is 5.16 Å². The van der Waals surface area contributed by atoms with Crippen LogP contribution < -0.4 is 0 Å². The summed E-state index contributed by atoms with van der Waals surface area (Å²) in [6, 6.07) is 1.58. The predicted octanol–water partition coefficient (Wildman–Crippen LogP) is 0.734. The van der Waals surface area contributed by atoms with Crippen LogP contribution in [0.2, 0.25) is 0 Å². The van der Waals surface area contributed by atoms with Crippen LogP contribution in [0.4, 0.5) is 0 Å². The second-order valence-corrected chi connectivity index (χ2v) is 0.924. The summed E-state index contributed by atoms with van der Waals surface area (Å²) in [6.45, 7) is 5.07. The van der Waals surface area contributed by atoms with Gasteiger partial charge < -0.3 is 4.52 Å². The van der Waals surface area contributed by atoms with E-state index in [1.165, 1.54) is 6.26 Å². The lowest BCUT2D eigenvalue weighted by Crippen LogP contribution is -1.59. The van der Waals surface area contributed by atoms with Crippen LogP contribution in [0.5, 0.6) is 0 Å². The molecule has 0 saturated heterocycles. The fraction of sp³-hybridized carbons (Fsp3) is 0. The molecule has 0 saturated carbocycles. The molecule has 0 spiro atoms. The van der Waals surface area contributed by atoms with Gasteiger partial charge in [0.15, 0.2) is 0 Å². The van der Waals surface area contributed by atoms with E-state index in [0.29, 0.717) is 5.69 Å². The summed E-state index contributed by atoms with van der Waals surface area (Å²) in [4.78, 5) is 0. The Bertz CT molecular complexity index is 111. The summed E-state index contributed by atoms with van der Waals surface area (Å²) in [7, 11) is 0. The molecule has 0 aliphatic carbocycles. The molecule has 6 heavy (non-hydrogen) atoms. The number of hydrogen-bond acceptors (Lipinski definition) is 2. The SMILES string of the molecule is [CH]c1ccon1. The molecule has 2 radical (unpaired) electrons. The lowest BCUT2D eigenvalue weighted by Gasteiger charge is -1.61. The lowest BCUT2D eigenvalue weighted by molar-refractivity contribution is 0.417. The van der Waals surface area contributed by atoms with Gasteiger partial charge in [-0.3, -0.25) is 0 Å². The number of rotatable bonds is 0. The highest BCUT2D eigenvalue weighted by Gasteiger charge is 1.78. The van der Waals surface area contributed by atoms with E-state index in [-0.39, 0.29) is 0 Å². The Kier molecular flexibility index (Phi) is 0.638. The maximum Gasteiger partial charge on any atom is 0.124 e. The molecule has 0 unspecified atom stereocenters. The third kappa shape index (κ3) is 0.407. The molecule has 1 rings (SSSR count). The van der Waals surface area contributed by atoms with Crippen LogP contribution in [0.3, 0.4) is 0 Å². The van der Waals surface area contributed by atoms with E-state index in [1.807, 2.05) is 0 Å². The zero-order chi connectivity index (χ0) is 4.41. The van der Waals surface area contributed by atoms with Crippen molar-refractivity contribution in [2.24, 2.45) is 0 Å². The molecule has 1 aromatic rings. The molecule has 0 bridgehead atoms. The maximum atomic E-state index is 5.07. The lowest BCUT2D eigenvalue weighted by atomic mass is 10.5. The smallest absolute Gasteiger partial charge is 0.124 e. The van der Waals surface area contributed by atoms with Gasteiger partial charge in [-0.05, 0) is 0 Å². The zero-order valence-electron chi connectivity index (χ0n) is 3.09. The predicted molar refractivity (Wildman–Crippen MR) is 19.9 cm³/mol. The first-order chi connectivity index (χ1) is 2.89. The molecule has 0 amide bonds. The number of nitrogens with zero attached hydrogens (tertiary/aromatic N) is 1. The summed E-state index contributed by atoms with van der Waals surface area (Å²) < 4.78 is 4.34. The van der Waals surface area contributed by atoms with Gasteiger partial charge in [0.25, 0.3) is 0 Å². The van der Waals surface area contributed by atoms with Crippen LogP contribution in [0, 0.1) is 6.92 Å². The van der Waals surface area contributed by atoms with E-state index in [9.17, 15) is 0 Å².